The average molecular weight is 324 g/mol. The lowest BCUT2D eigenvalue weighted by Gasteiger charge is -2.05. The van der Waals surface area contributed by atoms with Crippen molar-refractivity contribution in [2.75, 3.05) is 7.11 Å². The van der Waals surface area contributed by atoms with Crippen LogP contribution in [0, 0.1) is 0 Å². The second-order valence-corrected chi connectivity index (χ2v) is 5.73. The molecule has 0 amide bonds. The number of methoxy groups -OCH3 is 1. The van der Waals surface area contributed by atoms with Crippen LogP contribution in [0.4, 0.5) is 0 Å². The van der Waals surface area contributed by atoms with Crippen molar-refractivity contribution in [1.29, 1.82) is 0 Å². The van der Waals surface area contributed by atoms with E-state index in [4.69, 9.17) is 4.74 Å². The molecule has 3 aromatic rings. The zero-order valence-corrected chi connectivity index (χ0v) is 13.8. The Morgan fingerprint density at radius 1 is 1.33 bits per heavy atom. The maximum absolute atomic E-state index is 11.5. The topological polar surface area (TPSA) is 69.0 Å². The minimum Gasteiger partial charge on any atom is -0.543 e. The lowest BCUT2D eigenvalue weighted by molar-refractivity contribution is -0.696. The van der Waals surface area contributed by atoms with Gasteiger partial charge in [-0.2, -0.15) is 0 Å². The van der Waals surface area contributed by atoms with E-state index in [9.17, 15) is 9.90 Å². The van der Waals surface area contributed by atoms with Gasteiger partial charge in [0.2, 0.25) is 0 Å². The van der Waals surface area contributed by atoms with Crippen LogP contribution in [0.5, 0.6) is 5.75 Å². The van der Waals surface area contributed by atoms with Crippen LogP contribution in [-0.2, 0) is 19.4 Å². The molecule has 124 valence electrons. The number of ether oxygens (including phenoxy) is 1. The van der Waals surface area contributed by atoms with Crippen molar-refractivity contribution < 1.29 is 19.2 Å². The molecule has 5 nitrogen and oxygen atoms in total. The Balaban J connectivity index is 1.94. The maximum Gasteiger partial charge on any atom is 0.171 e. The van der Waals surface area contributed by atoms with Gasteiger partial charge in [-0.1, -0.05) is 6.92 Å². The maximum atomic E-state index is 11.5. The Bertz CT molecular complexity index is 883. The minimum atomic E-state index is -1.19. The molecule has 5 heteroatoms. The second kappa shape index (κ2) is 6.74. The fourth-order valence-electron chi connectivity index (χ4n) is 2.96. The van der Waals surface area contributed by atoms with E-state index in [1.807, 2.05) is 24.4 Å². The van der Waals surface area contributed by atoms with Gasteiger partial charge in [-0.3, -0.25) is 0 Å². The summed E-state index contributed by atoms with van der Waals surface area (Å²) in [5.74, 6) is -0.502. The summed E-state index contributed by atoms with van der Waals surface area (Å²) in [6, 6.07) is 9.62. The van der Waals surface area contributed by atoms with Crippen molar-refractivity contribution in [3.05, 3.63) is 59.5 Å². The van der Waals surface area contributed by atoms with Crippen LogP contribution in [0.3, 0.4) is 0 Å². The number of nitrogens with zero attached hydrogens (tertiary/aromatic N) is 1. The Hall–Kier alpha value is -2.82. The summed E-state index contributed by atoms with van der Waals surface area (Å²) in [5, 5.41) is 12.4. The molecule has 1 aromatic carbocycles. The van der Waals surface area contributed by atoms with Gasteiger partial charge in [0.25, 0.3) is 0 Å². The number of aromatic amines is 1. The number of benzene rings is 1. The number of nitrogens with one attached hydrogen (secondary N) is 1. The zero-order chi connectivity index (χ0) is 17.1. The Morgan fingerprint density at radius 2 is 2.17 bits per heavy atom. The fraction of sp³-hybridized carbons (Fsp3) is 0.263. The molecule has 3 rings (SSSR count). The fourth-order valence-corrected chi connectivity index (χ4v) is 2.96. The van der Waals surface area contributed by atoms with Gasteiger partial charge in [0.15, 0.2) is 18.9 Å². The van der Waals surface area contributed by atoms with E-state index in [0.717, 1.165) is 22.9 Å². The normalized spacial score (nSPS) is 10.9. The van der Waals surface area contributed by atoms with Crippen molar-refractivity contribution >= 4 is 16.9 Å². The number of carbonyl (C=O) groups is 1. The van der Waals surface area contributed by atoms with Crippen LogP contribution in [0.1, 0.15) is 28.5 Å². The summed E-state index contributed by atoms with van der Waals surface area (Å²) < 4.78 is 7.28. The van der Waals surface area contributed by atoms with Gasteiger partial charge in [0.1, 0.15) is 5.75 Å². The number of aromatic carboxylic acids is 1. The van der Waals surface area contributed by atoms with Crippen LogP contribution in [0.15, 0.2) is 42.7 Å². The molecule has 0 aliphatic rings. The number of hydrogen-bond donors (Lipinski definition) is 1. The molecule has 0 saturated heterocycles. The second-order valence-electron chi connectivity index (χ2n) is 5.73. The summed E-state index contributed by atoms with van der Waals surface area (Å²) in [6.45, 7) is 2.81. The molecule has 2 heterocycles. The average Bonchev–Trinajstić information content (AvgIpc) is 2.98. The van der Waals surface area contributed by atoms with Crippen molar-refractivity contribution in [2.24, 2.45) is 0 Å². The summed E-state index contributed by atoms with van der Waals surface area (Å²) in [4.78, 5) is 14.4. The van der Waals surface area contributed by atoms with Gasteiger partial charge in [0.05, 0.1) is 18.8 Å². The summed E-state index contributed by atoms with van der Waals surface area (Å²) >= 11 is 0. The van der Waals surface area contributed by atoms with E-state index < -0.39 is 5.97 Å². The highest BCUT2D eigenvalue weighted by Crippen LogP contribution is 2.26. The first-order valence-electron chi connectivity index (χ1n) is 8.00. The number of rotatable bonds is 6. The van der Waals surface area contributed by atoms with Gasteiger partial charge in [-0.15, -0.1) is 0 Å². The number of fused-ring (bicyclic) bond motifs is 1. The molecular weight excluding hydrogens is 304 g/mol. The molecule has 0 aliphatic carbocycles. The van der Waals surface area contributed by atoms with Gasteiger partial charge < -0.3 is 19.6 Å². The summed E-state index contributed by atoms with van der Waals surface area (Å²) in [5.41, 5.74) is 2.91. The molecule has 0 unspecified atom stereocenters. The third-order valence-electron chi connectivity index (χ3n) is 4.27. The molecule has 24 heavy (non-hydrogen) atoms. The van der Waals surface area contributed by atoms with Crippen LogP contribution in [-0.4, -0.2) is 18.1 Å². The van der Waals surface area contributed by atoms with Crippen molar-refractivity contribution in [3.8, 4) is 5.75 Å². The first-order valence-corrected chi connectivity index (χ1v) is 8.00. The standard InChI is InChI=1S/C19H20N2O3/c1-3-13-5-4-9-21(12-13)10-8-16-15-7-6-14(24-2)11-17(15)20-18(16)19(22)23/h4-7,9,11-12,20H,3,8,10H2,1-2H3. The lowest BCUT2D eigenvalue weighted by atomic mass is 10.1. The van der Waals surface area contributed by atoms with Crippen molar-refractivity contribution in [2.45, 2.75) is 26.3 Å². The third kappa shape index (κ3) is 3.11. The highest BCUT2D eigenvalue weighted by atomic mass is 16.5. The van der Waals surface area contributed by atoms with Crippen molar-refractivity contribution in [3.63, 3.8) is 0 Å². The molecule has 0 spiro atoms. The Labute approximate surface area is 140 Å². The first-order chi connectivity index (χ1) is 11.6. The number of carbonyl (C=O) groups excluding carboxylic acids is 1. The van der Waals surface area contributed by atoms with Crippen LogP contribution in [0.2, 0.25) is 0 Å². The molecule has 0 radical (unpaired) electrons. The molecule has 0 saturated carbocycles. The number of pyridine rings is 1. The van der Waals surface area contributed by atoms with E-state index in [2.05, 4.69) is 28.7 Å². The monoisotopic (exact) mass is 324 g/mol. The Morgan fingerprint density at radius 3 is 2.88 bits per heavy atom. The van der Waals surface area contributed by atoms with Crippen LogP contribution in [0.25, 0.3) is 10.9 Å². The SMILES string of the molecule is CCc1ccc[n+](CCc2c(C(=O)[O-])[nH]c3cc(OC)ccc23)c1. The number of carboxylic acid groups (broad SMARTS) is 1. The number of aromatic nitrogens is 2. The van der Waals surface area contributed by atoms with Crippen LogP contribution >= 0.6 is 0 Å². The third-order valence-corrected chi connectivity index (χ3v) is 4.27. The summed E-state index contributed by atoms with van der Waals surface area (Å²) in [7, 11) is 1.59. The molecule has 1 N–H and O–H groups in total. The number of carboxylic acids is 1. The van der Waals surface area contributed by atoms with E-state index in [0.29, 0.717) is 18.7 Å². The van der Waals surface area contributed by atoms with E-state index >= 15 is 0 Å². The predicted molar refractivity (Wildman–Crippen MR) is 88.9 cm³/mol. The van der Waals surface area contributed by atoms with E-state index in [1.165, 1.54) is 5.56 Å². The molecule has 0 bridgehead atoms. The van der Waals surface area contributed by atoms with Gasteiger partial charge >= 0.3 is 0 Å². The summed E-state index contributed by atoms with van der Waals surface area (Å²) in [6.07, 6.45) is 5.66. The smallest absolute Gasteiger partial charge is 0.171 e. The quantitative estimate of drug-likeness (QED) is 0.701. The number of aryl methyl sites for hydroxylation is 3. The Kier molecular flexibility index (Phi) is 4.51. The molecule has 0 atom stereocenters. The van der Waals surface area contributed by atoms with Crippen LogP contribution < -0.4 is 14.4 Å². The highest BCUT2D eigenvalue weighted by molar-refractivity contribution is 5.96. The first kappa shape index (κ1) is 16.1. The molecular formula is C19H20N2O3. The minimum absolute atomic E-state index is 0.144. The van der Waals surface area contributed by atoms with Gasteiger partial charge in [-0.25, -0.2) is 4.57 Å². The number of hydrogen-bond acceptors (Lipinski definition) is 3. The van der Waals surface area contributed by atoms with Gasteiger partial charge in [0, 0.05) is 35.0 Å². The highest BCUT2D eigenvalue weighted by Gasteiger charge is 2.15. The van der Waals surface area contributed by atoms with E-state index in [1.54, 1.807) is 13.2 Å². The van der Waals surface area contributed by atoms with Crippen molar-refractivity contribution in [1.82, 2.24) is 4.98 Å². The molecule has 2 aromatic heterocycles. The largest absolute Gasteiger partial charge is 0.543 e. The lowest BCUT2D eigenvalue weighted by Crippen LogP contribution is -2.35. The number of H-pyrrole nitrogens is 1. The molecule has 0 fully saturated rings. The van der Waals surface area contributed by atoms with Gasteiger partial charge in [-0.05, 0) is 30.2 Å². The zero-order valence-electron chi connectivity index (χ0n) is 13.8. The molecule has 0 aliphatic heterocycles. The predicted octanol–water partition coefficient (Wildman–Crippen LogP) is 1.63. The van der Waals surface area contributed by atoms with E-state index in [-0.39, 0.29) is 5.69 Å².